The zero-order valence-corrected chi connectivity index (χ0v) is 18.9. The molecule has 1 heterocycles. The number of rotatable bonds is 6. The van der Waals surface area contributed by atoms with Crippen molar-refractivity contribution in [1.82, 2.24) is 9.21 Å². The fourth-order valence-electron chi connectivity index (χ4n) is 3.99. The van der Waals surface area contributed by atoms with Crippen molar-refractivity contribution in [3.05, 3.63) is 60.2 Å². The van der Waals surface area contributed by atoms with E-state index in [9.17, 15) is 18.0 Å². The van der Waals surface area contributed by atoms with Crippen LogP contribution in [0, 0.1) is 0 Å². The van der Waals surface area contributed by atoms with E-state index in [4.69, 9.17) is 0 Å². The summed E-state index contributed by atoms with van der Waals surface area (Å²) in [6.45, 7) is 3.76. The van der Waals surface area contributed by atoms with Crippen molar-refractivity contribution in [2.24, 2.45) is 0 Å². The Bertz CT molecular complexity index is 1010. The summed E-state index contributed by atoms with van der Waals surface area (Å²) in [5.41, 5.74) is 0.984. The summed E-state index contributed by atoms with van der Waals surface area (Å²) in [5.74, 6) is -0.609. The number of nitrogens with zero attached hydrogens (tertiary/aromatic N) is 2. The Hall–Kier alpha value is -2.71. The summed E-state index contributed by atoms with van der Waals surface area (Å²) in [4.78, 5) is 26.3. The number of hydrogen-bond donors (Lipinski definition) is 1. The van der Waals surface area contributed by atoms with Crippen LogP contribution in [0.1, 0.15) is 43.5 Å². The highest BCUT2D eigenvalue weighted by atomic mass is 32.2. The highest BCUT2D eigenvalue weighted by Crippen LogP contribution is 2.29. The standard InChI is InChI=1S/C23H29N3O4S/c1-17-8-7-9-18(2)26(17)31(29,30)21-14-12-20(13-15-21)24-22(27)16-25(3)23(28)19-10-5-4-6-11-19/h4-6,10-15,17-18H,7-9,16H2,1-3H3,(H,24,27)/t17-,18-/m0/s1. The first kappa shape index (κ1) is 23.0. The third-order valence-corrected chi connectivity index (χ3v) is 7.72. The second kappa shape index (κ2) is 9.62. The summed E-state index contributed by atoms with van der Waals surface area (Å²) in [6, 6.07) is 14.8. The number of hydrogen-bond acceptors (Lipinski definition) is 4. The molecule has 1 saturated heterocycles. The molecule has 2 amide bonds. The van der Waals surface area contributed by atoms with Gasteiger partial charge >= 0.3 is 0 Å². The Morgan fingerprint density at radius 1 is 1.00 bits per heavy atom. The van der Waals surface area contributed by atoms with E-state index in [1.807, 2.05) is 19.9 Å². The van der Waals surface area contributed by atoms with Crippen LogP contribution in [0.15, 0.2) is 59.5 Å². The molecule has 0 spiro atoms. The number of carbonyl (C=O) groups excluding carboxylic acids is 2. The average Bonchev–Trinajstić information content (AvgIpc) is 2.73. The Labute approximate surface area is 184 Å². The van der Waals surface area contributed by atoms with Crippen molar-refractivity contribution >= 4 is 27.5 Å². The van der Waals surface area contributed by atoms with Crippen molar-refractivity contribution in [3.8, 4) is 0 Å². The molecule has 0 aliphatic carbocycles. The van der Waals surface area contributed by atoms with Gasteiger partial charge in [0.05, 0.1) is 11.4 Å². The Morgan fingerprint density at radius 3 is 2.16 bits per heavy atom. The molecule has 31 heavy (non-hydrogen) atoms. The summed E-state index contributed by atoms with van der Waals surface area (Å²) in [5, 5.41) is 2.71. The first-order chi connectivity index (χ1) is 14.7. The quantitative estimate of drug-likeness (QED) is 0.742. The van der Waals surface area contributed by atoms with Crippen molar-refractivity contribution in [3.63, 3.8) is 0 Å². The normalized spacial score (nSPS) is 19.6. The molecule has 0 unspecified atom stereocenters. The van der Waals surface area contributed by atoms with Crippen LogP contribution in [0.5, 0.6) is 0 Å². The van der Waals surface area contributed by atoms with Crippen LogP contribution in [0.3, 0.4) is 0 Å². The maximum atomic E-state index is 13.1. The predicted octanol–water partition coefficient (Wildman–Crippen LogP) is 3.35. The van der Waals surface area contributed by atoms with E-state index in [1.54, 1.807) is 47.8 Å². The number of benzene rings is 2. The fraction of sp³-hybridized carbons (Fsp3) is 0.391. The van der Waals surface area contributed by atoms with E-state index in [-0.39, 0.29) is 35.3 Å². The van der Waals surface area contributed by atoms with Gasteiger partial charge in [0.1, 0.15) is 0 Å². The van der Waals surface area contributed by atoms with Crippen LogP contribution in [0.25, 0.3) is 0 Å². The minimum atomic E-state index is -3.60. The van der Waals surface area contributed by atoms with Gasteiger partial charge in [-0.05, 0) is 63.1 Å². The molecule has 7 nitrogen and oxygen atoms in total. The second-order valence-electron chi connectivity index (χ2n) is 8.06. The van der Waals surface area contributed by atoms with Crippen LogP contribution in [0.4, 0.5) is 5.69 Å². The van der Waals surface area contributed by atoms with Crippen LogP contribution < -0.4 is 5.32 Å². The number of nitrogens with one attached hydrogen (secondary N) is 1. The van der Waals surface area contributed by atoms with Gasteiger partial charge in [-0.1, -0.05) is 24.6 Å². The van der Waals surface area contributed by atoms with Gasteiger partial charge in [-0.15, -0.1) is 0 Å². The third kappa shape index (κ3) is 5.32. The van der Waals surface area contributed by atoms with E-state index >= 15 is 0 Å². The maximum Gasteiger partial charge on any atom is 0.254 e. The van der Waals surface area contributed by atoms with Crippen molar-refractivity contribution < 1.29 is 18.0 Å². The predicted molar refractivity (Wildman–Crippen MR) is 120 cm³/mol. The highest BCUT2D eigenvalue weighted by molar-refractivity contribution is 7.89. The van der Waals surface area contributed by atoms with Gasteiger partial charge in [-0.3, -0.25) is 9.59 Å². The van der Waals surface area contributed by atoms with Crippen LogP contribution >= 0.6 is 0 Å². The molecule has 0 bridgehead atoms. The molecule has 8 heteroatoms. The maximum absolute atomic E-state index is 13.1. The molecule has 1 N–H and O–H groups in total. The minimum Gasteiger partial charge on any atom is -0.332 e. The molecule has 0 aromatic heterocycles. The molecule has 2 aromatic rings. The number of anilines is 1. The van der Waals surface area contributed by atoms with E-state index in [0.29, 0.717) is 11.3 Å². The average molecular weight is 444 g/mol. The molecule has 1 aliphatic heterocycles. The Balaban J connectivity index is 1.63. The summed E-state index contributed by atoms with van der Waals surface area (Å²) < 4.78 is 27.8. The van der Waals surface area contributed by atoms with Gasteiger partial charge in [0.15, 0.2) is 0 Å². The van der Waals surface area contributed by atoms with Crippen molar-refractivity contribution in [2.75, 3.05) is 18.9 Å². The van der Waals surface area contributed by atoms with Crippen molar-refractivity contribution in [1.29, 1.82) is 0 Å². The van der Waals surface area contributed by atoms with E-state index in [0.717, 1.165) is 19.3 Å². The third-order valence-electron chi connectivity index (χ3n) is 5.57. The van der Waals surface area contributed by atoms with Gasteiger partial charge in [-0.2, -0.15) is 4.31 Å². The molecule has 2 atom stereocenters. The summed E-state index contributed by atoms with van der Waals surface area (Å²) in [6.07, 6.45) is 2.74. The number of amides is 2. The molecule has 2 aromatic carbocycles. The Morgan fingerprint density at radius 2 is 1.58 bits per heavy atom. The van der Waals surface area contributed by atoms with Crippen LogP contribution in [0.2, 0.25) is 0 Å². The monoisotopic (exact) mass is 443 g/mol. The van der Waals surface area contributed by atoms with Crippen LogP contribution in [-0.4, -0.2) is 55.1 Å². The first-order valence-electron chi connectivity index (χ1n) is 10.4. The van der Waals surface area contributed by atoms with Crippen LogP contribution in [-0.2, 0) is 14.8 Å². The van der Waals surface area contributed by atoms with Crippen molar-refractivity contribution in [2.45, 2.75) is 50.1 Å². The van der Waals surface area contributed by atoms with Gasteiger partial charge in [-0.25, -0.2) is 8.42 Å². The molecular formula is C23H29N3O4S. The molecule has 0 radical (unpaired) electrons. The molecule has 1 fully saturated rings. The minimum absolute atomic E-state index is 0.0363. The zero-order valence-electron chi connectivity index (χ0n) is 18.1. The number of sulfonamides is 1. The smallest absolute Gasteiger partial charge is 0.254 e. The summed E-state index contributed by atoms with van der Waals surface area (Å²) in [7, 11) is -2.04. The fourth-order valence-corrected chi connectivity index (χ4v) is 5.87. The SMILES string of the molecule is C[C@H]1CCC[C@H](C)N1S(=O)(=O)c1ccc(NC(=O)CN(C)C(=O)c2ccccc2)cc1. The molecule has 3 rings (SSSR count). The van der Waals surface area contributed by atoms with Gasteiger partial charge in [0, 0.05) is 30.4 Å². The molecule has 0 saturated carbocycles. The Kier molecular flexibility index (Phi) is 7.12. The van der Waals surface area contributed by atoms with Gasteiger partial charge < -0.3 is 10.2 Å². The lowest BCUT2D eigenvalue weighted by Crippen LogP contribution is -2.47. The first-order valence-corrected chi connectivity index (χ1v) is 11.9. The van der Waals surface area contributed by atoms with Gasteiger partial charge in [0.25, 0.3) is 5.91 Å². The van der Waals surface area contributed by atoms with E-state index in [2.05, 4.69) is 5.32 Å². The highest BCUT2D eigenvalue weighted by Gasteiger charge is 2.35. The largest absolute Gasteiger partial charge is 0.332 e. The number of carbonyl (C=O) groups is 2. The second-order valence-corrected chi connectivity index (χ2v) is 9.91. The molecular weight excluding hydrogens is 414 g/mol. The lowest BCUT2D eigenvalue weighted by molar-refractivity contribution is -0.116. The zero-order chi connectivity index (χ0) is 22.6. The van der Waals surface area contributed by atoms with E-state index < -0.39 is 10.0 Å². The molecule has 1 aliphatic rings. The lowest BCUT2D eigenvalue weighted by Gasteiger charge is -2.37. The lowest BCUT2D eigenvalue weighted by atomic mass is 10.0. The van der Waals surface area contributed by atoms with Gasteiger partial charge in [0.2, 0.25) is 15.9 Å². The number of piperidine rings is 1. The summed E-state index contributed by atoms with van der Waals surface area (Å²) >= 11 is 0. The molecule has 166 valence electrons. The topological polar surface area (TPSA) is 86.8 Å². The number of likely N-dealkylation sites (N-methyl/N-ethyl adjacent to an activating group) is 1. The van der Waals surface area contributed by atoms with E-state index in [1.165, 1.54) is 17.0 Å².